The minimum absolute atomic E-state index is 0.389. The first-order chi connectivity index (χ1) is 5.81. The molecule has 0 amide bonds. The summed E-state index contributed by atoms with van der Waals surface area (Å²) in [5.74, 6) is 4.70. The van der Waals surface area contributed by atoms with Crippen molar-refractivity contribution in [3.8, 4) is 11.8 Å². The van der Waals surface area contributed by atoms with Crippen LogP contribution in [-0.2, 0) is 9.53 Å². The normalized spacial score (nSPS) is 8.08. The number of carbonyl (C=O) groups is 1. The van der Waals surface area contributed by atoms with E-state index in [0.29, 0.717) is 6.61 Å². The van der Waals surface area contributed by atoms with Crippen LogP contribution in [-0.4, -0.2) is 12.6 Å². The minimum Gasteiger partial charge on any atom is -0.456 e. The maximum absolute atomic E-state index is 10.7. The van der Waals surface area contributed by atoms with Crippen LogP contribution in [0.15, 0.2) is 12.7 Å². The summed E-state index contributed by atoms with van der Waals surface area (Å²) in [6.45, 7) is 5.73. The van der Waals surface area contributed by atoms with Crippen molar-refractivity contribution >= 4 is 5.97 Å². The molecule has 0 aromatic carbocycles. The van der Waals surface area contributed by atoms with Crippen molar-refractivity contribution in [1.29, 1.82) is 0 Å². The van der Waals surface area contributed by atoms with Crippen molar-refractivity contribution in [2.75, 3.05) is 6.61 Å². The Morgan fingerprint density at radius 2 is 2.42 bits per heavy atom. The van der Waals surface area contributed by atoms with E-state index in [1.807, 2.05) is 6.08 Å². The molecular weight excluding hydrogens is 152 g/mol. The molecule has 0 aromatic heterocycles. The first-order valence-corrected chi connectivity index (χ1v) is 4.07. The molecule has 12 heavy (non-hydrogen) atoms. The van der Waals surface area contributed by atoms with Gasteiger partial charge in [-0.3, -0.25) is 0 Å². The number of unbranched alkanes of at least 4 members (excludes halogenated alkanes) is 2. The monoisotopic (exact) mass is 166 g/mol. The van der Waals surface area contributed by atoms with Gasteiger partial charge in [0.2, 0.25) is 0 Å². The molecule has 0 atom stereocenters. The second-order valence-corrected chi connectivity index (χ2v) is 2.20. The van der Waals surface area contributed by atoms with Crippen molar-refractivity contribution < 1.29 is 9.53 Å². The standard InChI is InChI=1S/C10H14O2/c1-3-5-6-7-8-9-10(11)12-4-2/h3H,1,4-7H2,2H3. The van der Waals surface area contributed by atoms with E-state index in [0.717, 1.165) is 19.3 Å². The number of carbonyl (C=O) groups excluding carboxylic acids is 1. The molecule has 0 saturated carbocycles. The first kappa shape index (κ1) is 10.8. The highest BCUT2D eigenvalue weighted by Crippen LogP contribution is 1.92. The van der Waals surface area contributed by atoms with Crippen LogP contribution < -0.4 is 0 Å². The number of esters is 1. The zero-order valence-electron chi connectivity index (χ0n) is 7.43. The molecule has 0 bridgehead atoms. The van der Waals surface area contributed by atoms with Gasteiger partial charge >= 0.3 is 5.97 Å². The summed E-state index contributed by atoms with van der Waals surface area (Å²) < 4.78 is 4.62. The number of allylic oxidation sites excluding steroid dienone is 1. The molecule has 0 aliphatic rings. The summed E-state index contributed by atoms with van der Waals surface area (Å²) in [4.78, 5) is 10.7. The predicted octanol–water partition coefficient (Wildman–Crippen LogP) is 1.91. The third-order valence-corrected chi connectivity index (χ3v) is 1.18. The molecule has 0 aromatic rings. The number of ether oxygens (including phenoxy) is 1. The average molecular weight is 166 g/mol. The Morgan fingerprint density at radius 3 is 3.00 bits per heavy atom. The maximum Gasteiger partial charge on any atom is 0.384 e. The van der Waals surface area contributed by atoms with E-state index in [1.54, 1.807) is 6.92 Å². The van der Waals surface area contributed by atoms with Gasteiger partial charge in [0.15, 0.2) is 0 Å². The molecule has 2 nitrogen and oxygen atoms in total. The number of hydrogen-bond donors (Lipinski definition) is 0. The van der Waals surface area contributed by atoms with Gasteiger partial charge in [0, 0.05) is 12.3 Å². The molecule has 0 heterocycles. The van der Waals surface area contributed by atoms with Crippen molar-refractivity contribution in [2.24, 2.45) is 0 Å². The SMILES string of the molecule is C=CCCCC#CC(=O)OCC. The maximum atomic E-state index is 10.7. The Balaban J connectivity index is 3.44. The number of hydrogen-bond acceptors (Lipinski definition) is 2. The van der Waals surface area contributed by atoms with Gasteiger partial charge in [0.05, 0.1) is 6.61 Å². The molecule has 0 unspecified atom stereocenters. The Labute approximate surface area is 73.6 Å². The molecule has 0 aliphatic heterocycles. The van der Waals surface area contributed by atoms with Crippen LogP contribution in [0.25, 0.3) is 0 Å². The molecule has 0 fully saturated rings. The van der Waals surface area contributed by atoms with Crippen LogP contribution in [0.2, 0.25) is 0 Å². The second kappa shape index (κ2) is 7.87. The molecule has 2 heteroatoms. The lowest BCUT2D eigenvalue weighted by atomic mass is 10.2. The lowest BCUT2D eigenvalue weighted by molar-refractivity contribution is -0.136. The van der Waals surface area contributed by atoms with Crippen LogP contribution in [0.1, 0.15) is 26.2 Å². The van der Waals surface area contributed by atoms with Gasteiger partial charge in [-0.2, -0.15) is 0 Å². The van der Waals surface area contributed by atoms with Crippen LogP contribution in [0.3, 0.4) is 0 Å². The average Bonchev–Trinajstić information content (AvgIpc) is 2.05. The smallest absolute Gasteiger partial charge is 0.384 e. The van der Waals surface area contributed by atoms with E-state index < -0.39 is 5.97 Å². The molecule has 0 N–H and O–H groups in total. The predicted molar refractivity (Wildman–Crippen MR) is 48.5 cm³/mol. The quantitative estimate of drug-likeness (QED) is 0.210. The highest BCUT2D eigenvalue weighted by Gasteiger charge is 1.90. The van der Waals surface area contributed by atoms with E-state index in [1.165, 1.54) is 0 Å². The van der Waals surface area contributed by atoms with Gasteiger partial charge in [-0.15, -0.1) is 6.58 Å². The summed E-state index contributed by atoms with van der Waals surface area (Å²) in [5.41, 5.74) is 0. The minimum atomic E-state index is -0.434. The Hall–Kier alpha value is -1.23. The fourth-order valence-electron chi connectivity index (χ4n) is 0.637. The lowest BCUT2D eigenvalue weighted by Crippen LogP contribution is -1.99. The summed E-state index contributed by atoms with van der Waals surface area (Å²) >= 11 is 0. The number of rotatable bonds is 4. The molecule has 0 saturated heterocycles. The van der Waals surface area contributed by atoms with Crippen molar-refractivity contribution in [1.82, 2.24) is 0 Å². The fourth-order valence-corrected chi connectivity index (χ4v) is 0.637. The summed E-state index contributed by atoms with van der Waals surface area (Å²) in [5, 5.41) is 0. The zero-order chi connectivity index (χ0) is 9.23. The van der Waals surface area contributed by atoms with Gasteiger partial charge in [0.25, 0.3) is 0 Å². The summed E-state index contributed by atoms with van der Waals surface area (Å²) in [6.07, 6.45) is 4.46. The molecule has 0 radical (unpaired) electrons. The topological polar surface area (TPSA) is 26.3 Å². The first-order valence-electron chi connectivity index (χ1n) is 4.07. The third kappa shape index (κ3) is 6.88. The van der Waals surface area contributed by atoms with Crippen LogP contribution >= 0.6 is 0 Å². The highest BCUT2D eigenvalue weighted by molar-refractivity contribution is 5.88. The van der Waals surface area contributed by atoms with Gasteiger partial charge in [-0.1, -0.05) is 12.0 Å². The van der Waals surface area contributed by atoms with Crippen molar-refractivity contribution in [3.05, 3.63) is 12.7 Å². The largest absolute Gasteiger partial charge is 0.456 e. The van der Waals surface area contributed by atoms with Gasteiger partial charge < -0.3 is 4.74 Å². The highest BCUT2D eigenvalue weighted by atomic mass is 16.5. The molecule has 0 spiro atoms. The van der Waals surface area contributed by atoms with Gasteiger partial charge in [-0.25, -0.2) is 4.79 Å². The van der Waals surface area contributed by atoms with Gasteiger partial charge in [-0.05, 0) is 19.8 Å². The third-order valence-electron chi connectivity index (χ3n) is 1.18. The van der Waals surface area contributed by atoms with Crippen LogP contribution in [0.5, 0.6) is 0 Å². The summed E-state index contributed by atoms with van der Waals surface area (Å²) in [7, 11) is 0. The Kier molecular flexibility index (Phi) is 7.07. The van der Waals surface area contributed by atoms with Crippen LogP contribution in [0.4, 0.5) is 0 Å². The van der Waals surface area contributed by atoms with Crippen molar-refractivity contribution in [3.63, 3.8) is 0 Å². The fraction of sp³-hybridized carbons (Fsp3) is 0.500. The summed E-state index contributed by atoms with van der Waals surface area (Å²) in [6, 6.07) is 0. The zero-order valence-corrected chi connectivity index (χ0v) is 7.43. The molecule has 66 valence electrons. The molecule has 0 rings (SSSR count). The van der Waals surface area contributed by atoms with Crippen LogP contribution in [0, 0.1) is 11.8 Å². The van der Waals surface area contributed by atoms with Gasteiger partial charge in [0.1, 0.15) is 0 Å². The van der Waals surface area contributed by atoms with Crippen molar-refractivity contribution in [2.45, 2.75) is 26.2 Å². The lowest BCUT2D eigenvalue weighted by Gasteiger charge is -1.90. The van der Waals surface area contributed by atoms with E-state index in [-0.39, 0.29) is 0 Å². The van der Waals surface area contributed by atoms with E-state index in [2.05, 4.69) is 23.2 Å². The van der Waals surface area contributed by atoms with E-state index >= 15 is 0 Å². The van der Waals surface area contributed by atoms with E-state index in [9.17, 15) is 4.79 Å². The molecular formula is C10H14O2. The molecule has 0 aliphatic carbocycles. The Morgan fingerprint density at radius 1 is 1.67 bits per heavy atom. The van der Waals surface area contributed by atoms with E-state index in [4.69, 9.17) is 0 Å². The second-order valence-electron chi connectivity index (χ2n) is 2.20. The Bertz CT molecular complexity index is 196.